The topological polar surface area (TPSA) is 98.2 Å². The third-order valence-corrected chi connectivity index (χ3v) is 5.76. The van der Waals surface area contributed by atoms with Gasteiger partial charge in [0.25, 0.3) is 5.56 Å². The summed E-state index contributed by atoms with van der Waals surface area (Å²) >= 11 is 1.25. The molecular weight excluding hydrogens is 392 g/mol. The Morgan fingerprint density at radius 3 is 2.93 bits per heavy atom. The van der Waals surface area contributed by atoms with Crippen molar-refractivity contribution < 1.29 is 14.3 Å². The van der Waals surface area contributed by atoms with E-state index in [1.807, 2.05) is 26.8 Å². The maximum Gasteiger partial charge on any atom is 0.278 e. The number of benzene rings is 1. The van der Waals surface area contributed by atoms with Gasteiger partial charge in [0.15, 0.2) is 16.7 Å². The van der Waals surface area contributed by atoms with E-state index in [0.717, 1.165) is 12.1 Å². The number of carbonyl (C=O) groups is 1. The molecule has 0 unspecified atom stereocenters. The zero-order chi connectivity index (χ0) is 20.5. The summed E-state index contributed by atoms with van der Waals surface area (Å²) in [5.74, 6) is 1.21. The zero-order valence-electron chi connectivity index (χ0n) is 16.4. The van der Waals surface area contributed by atoms with Gasteiger partial charge in [-0.25, -0.2) is 4.98 Å². The molecule has 0 saturated heterocycles. The predicted octanol–water partition coefficient (Wildman–Crippen LogP) is 3.46. The molecule has 2 aromatic heterocycles. The molecule has 0 radical (unpaired) electrons. The standard InChI is InChI=1S/C20H22N4O4S/c1-4-12(3)24-19(26)18-14(7-11(2)21-18)23-20(24)29-9-17(25)22-13-5-6-15-16(8-13)28-10-27-15/h5-8,12,21H,4,9-10H2,1-3H3,(H,22,25)/t12-/m1/s1. The van der Waals surface area contributed by atoms with E-state index in [9.17, 15) is 9.59 Å². The minimum atomic E-state index is -0.191. The Hall–Kier alpha value is -2.94. The first-order chi connectivity index (χ1) is 14.0. The number of aromatic nitrogens is 3. The summed E-state index contributed by atoms with van der Waals surface area (Å²) in [6.45, 7) is 6.06. The van der Waals surface area contributed by atoms with Gasteiger partial charge in [0.05, 0.1) is 11.3 Å². The number of fused-ring (bicyclic) bond motifs is 2. The summed E-state index contributed by atoms with van der Waals surface area (Å²) in [5.41, 5.74) is 2.51. The normalized spacial score (nSPS) is 13.6. The fourth-order valence-electron chi connectivity index (χ4n) is 3.16. The highest BCUT2D eigenvalue weighted by Gasteiger charge is 2.19. The first kappa shape index (κ1) is 19.4. The largest absolute Gasteiger partial charge is 0.454 e. The highest BCUT2D eigenvalue weighted by atomic mass is 32.2. The summed E-state index contributed by atoms with van der Waals surface area (Å²) in [6, 6.07) is 7.07. The van der Waals surface area contributed by atoms with E-state index in [1.165, 1.54) is 11.8 Å². The molecular formula is C20H22N4O4S. The smallest absolute Gasteiger partial charge is 0.278 e. The van der Waals surface area contributed by atoms with Gasteiger partial charge in [0, 0.05) is 23.5 Å². The lowest BCUT2D eigenvalue weighted by atomic mass is 10.2. The van der Waals surface area contributed by atoms with Crippen LogP contribution in [0.2, 0.25) is 0 Å². The van der Waals surface area contributed by atoms with E-state index >= 15 is 0 Å². The number of H-pyrrole nitrogens is 1. The monoisotopic (exact) mass is 414 g/mol. The molecule has 9 heteroatoms. The van der Waals surface area contributed by atoms with Crippen LogP contribution in [-0.2, 0) is 4.79 Å². The van der Waals surface area contributed by atoms with Crippen molar-refractivity contribution in [3.05, 3.63) is 40.3 Å². The minimum Gasteiger partial charge on any atom is -0.454 e. The lowest BCUT2D eigenvalue weighted by molar-refractivity contribution is -0.113. The fourth-order valence-corrected chi connectivity index (χ4v) is 4.06. The van der Waals surface area contributed by atoms with Crippen molar-refractivity contribution >= 4 is 34.4 Å². The maximum atomic E-state index is 13.0. The van der Waals surface area contributed by atoms with E-state index in [-0.39, 0.29) is 30.1 Å². The third kappa shape index (κ3) is 3.82. The number of anilines is 1. The van der Waals surface area contributed by atoms with Crippen molar-refractivity contribution in [3.63, 3.8) is 0 Å². The summed E-state index contributed by atoms with van der Waals surface area (Å²) in [5, 5.41) is 3.38. The molecule has 1 amide bonds. The Morgan fingerprint density at radius 2 is 2.14 bits per heavy atom. The van der Waals surface area contributed by atoms with Crippen molar-refractivity contribution in [2.24, 2.45) is 0 Å². The summed E-state index contributed by atoms with van der Waals surface area (Å²) in [4.78, 5) is 33.1. The average Bonchev–Trinajstić information content (AvgIpc) is 3.31. The van der Waals surface area contributed by atoms with E-state index < -0.39 is 0 Å². The average molecular weight is 414 g/mol. The number of nitrogens with zero attached hydrogens (tertiary/aromatic N) is 2. The molecule has 1 aliphatic heterocycles. The molecule has 4 rings (SSSR count). The van der Waals surface area contributed by atoms with Gasteiger partial charge < -0.3 is 19.8 Å². The van der Waals surface area contributed by atoms with Gasteiger partial charge in [-0.1, -0.05) is 18.7 Å². The molecule has 29 heavy (non-hydrogen) atoms. The van der Waals surface area contributed by atoms with Gasteiger partial charge in [-0.3, -0.25) is 14.2 Å². The number of aryl methyl sites for hydroxylation is 1. The molecule has 152 valence electrons. The van der Waals surface area contributed by atoms with Crippen LogP contribution in [0.4, 0.5) is 5.69 Å². The summed E-state index contributed by atoms with van der Waals surface area (Å²) in [7, 11) is 0. The van der Waals surface area contributed by atoms with E-state index in [2.05, 4.69) is 15.3 Å². The number of hydrogen-bond acceptors (Lipinski definition) is 6. The Labute approximate surface area is 171 Å². The van der Waals surface area contributed by atoms with Gasteiger partial charge in [-0.15, -0.1) is 0 Å². The Kier molecular flexibility index (Phi) is 5.23. The lowest BCUT2D eigenvalue weighted by Crippen LogP contribution is -2.26. The molecule has 8 nitrogen and oxygen atoms in total. The molecule has 0 spiro atoms. The van der Waals surface area contributed by atoms with Gasteiger partial charge in [-0.05, 0) is 38.5 Å². The van der Waals surface area contributed by atoms with Crippen molar-refractivity contribution in [2.75, 3.05) is 17.9 Å². The predicted molar refractivity (Wildman–Crippen MR) is 112 cm³/mol. The molecule has 0 fully saturated rings. The van der Waals surface area contributed by atoms with E-state index in [0.29, 0.717) is 33.4 Å². The molecule has 0 aliphatic carbocycles. The number of thioether (sulfide) groups is 1. The zero-order valence-corrected chi connectivity index (χ0v) is 17.3. The number of amides is 1. The second-order valence-electron chi connectivity index (χ2n) is 6.94. The van der Waals surface area contributed by atoms with Crippen LogP contribution in [0.3, 0.4) is 0 Å². The van der Waals surface area contributed by atoms with Crippen LogP contribution >= 0.6 is 11.8 Å². The third-order valence-electron chi connectivity index (χ3n) is 4.81. The van der Waals surface area contributed by atoms with Crippen molar-refractivity contribution in [2.45, 2.75) is 38.4 Å². The molecule has 1 aromatic carbocycles. The molecule has 1 aliphatic rings. The molecule has 1 atom stereocenters. The highest BCUT2D eigenvalue weighted by Crippen LogP contribution is 2.34. The number of carbonyl (C=O) groups excluding carboxylic acids is 1. The Morgan fingerprint density at radius 1 is 1.34 bits per heavy atom. The highest BCUT2D eigenvalue weighted by molar-refractivity contribution is 7.99. The summed E-state index contributed by atoms with van der Waals surface area (Å²) in [6.07, 6.45) is 0.781. The number of nitrogens with one attached hydrogen (secondary N) is 2. The van der Waals surface area contributed by atoms with Crippen LogP contribution < -0.4 is 20.3 Å². The van der Waals surface area contributed by atoms with Gasteiger partial charge in [0.2, 0.25) is 12.7 Å². The molecule has 3 aromatic rings. The van der Waals surface area contributed by atoms with Crippen molar-refractivity contribution in [3.8, 4) is 11.5 Å². The molecule has 0 bridgehead atoms. The van der Waals surface area contributed by atoms with Crippen LogP contribution in [0.25, 0.3) is 11.0 Å². The van der Waals surface area contributed by atoms with Gasteiger partial charge in [0.1, 0.15) is 5.52 Å². The lowest BCUT2D eigenvalue weighted by Gasteiger charge is -2.17. The number of ether oxygens (including phenoxy) is 2. The van der Waals surface area contributed by atoms with Crippen LogP contribution in [0.1, 0.15) is 32.0 Å². The first-order valence-electron chi connectivity index (χ1n) is 9.40. The molecule has 0 saturated carbocycles. The van der Waals surface area contributed by atoms with Crippen LogP contribution in [0.15, 0.2) is 34.2 Å². The van der Waals surface area contributed by atoms with Crippen LogP contribution in [-0.4, -0.2) is 33.0 Å². The quantitative estimate of drug-likeness (QED) is 0.473. The second-order valence-corrected chi connectivity index (χ2v) is 7.89. The second kappa shape index (κ2) is 7.82. The van der Waals surface area contributed by atoms with Gasteiger partial charge >= 0.3 is 0 Å². The van der Waals surface area contributed by atoms with E-state index in [4.69, 9.17) is 9.47 Å². The number of aromatic amines is 1. The number of rotatable bonds is 6. The number of hydrogen-bond donors (Lipinski definition) is 2. The summed E-state index contributed by atoms with van der Waals surface area (Å²) < 4.78 is 12.3. The molecule has 2 N–H and O–H groups in total. The van der Waals surface area contributed by atoms with Crippen molar-refractivity contribution in [1.82, 2.24) is 14.5 Å². The maximum absolute atomic E-state index is 13.0. The fraction of sp³-hybridized carbons (Fsp3) is 0.350. The van der Waals surface area contributed by atoms with Crippen LogP contribution in [0.5, 0.6) is 11.5 Å². The molecule has 3 heterocycles. The van der Waals surface area contributed by atoms with Crippen LogP contribution in [0, 0.1) is 6.92 Å². The Bertz CT molecular complexity index is 1140. The SMILES string of the molecule is CC[C@@H](C)n1c(SCC(=O)Nc2ccc3c(c2)OCO3)nc2cc(C)[nH]c2c1=O. The first-order valence-corrected chi connectivity index (χ1v) is 10.4. The Balaban J connectivity index is 1.54. The van der Waals surface area contributed by atoms with Crippen molar-refractivity contribution in [1.29, 1.82) is 0 Å². The van der Waals surface area contributed by atoms with E-state index in [1.54, 1.807) is 22.8 Å². The minimum absolute atomic E-state index is 0.0255. The van der Waals surface area contributed by atoms with Gasteiger partial charge in [-0.2, -0.15) is 0 Å².